The van der Waals surface area contributed by atoms with Gasteiger partial charge in [0.25, 0.3) is 0 Å². The van der Waals surface area contributed by atoms with Gasteiger partial charge in [0, 0.05) is 31.9 Å². The van der Waals surface area contributed by atoms with E-state index in [1.165, 1.54) is 0 Å². The molecular formula is C24H28N6O2. The Kier molecular flexibility index (Phi) is 5.94. The largest absolute Gasteiger partial charge is 0.442 e. The van der Waals surface area contributed by atoms with Crippen LogP contribution in [0.25, 0.3) is 23.4 Å². The van der Waals surface area contributed by atoms with E-state index < -0.39 is 5.60 Å². The Hall–Kier alpha value is -3.68. The first kappa shape index (κ1) is 21.5. The summed E-state index contributed by atoms with van der Waals surface area (Å²) in [5, 5.41) is 3.42. The van der Waals surface area contributed by atoms with Crippen molar-refractivity contribution in [3.8, 4) is 11.3 Å². The van der Waals surface area contributed by atoms with Gasteiger partial charge in [0.2, 0.25) is 0 Å². The maximum atomic E-state index is 12.6. The minimum atomic E-state index is -0.553. The van der Waals surface area contributed by atoms with Crippen LogP contribution in [-0.4, -0.2) is 49.3 Å². The van der Waals surface area contributed by atoms with Crippen molar-refractivity contribution in [3.63, 3.8) is 0 Å². The fourth-order valence-electron chi connectivity index (χ4n) is 3.47. The van der Waals surface area contributed by atoms with Gasteiger partial charge in [0.1, 0.15) is 11.4 Å². The van der Waals surface area contributed by atoms with Crippen molar-refractivity contribution in [2.24, 2.45) is 7.05 Å². The highest BCUT2D eigenvalue weighted by Gasteiger charge is 2.31. The predicted octanol–water partition coefficient (Wildman–Crippen LogP) is 4.41. The Labute approximate surface area is 188 Å². The third kappa shape index (κ3) is 4.96. The number of aromatic nitrogens is 4. The van der Waals surface area contributed by atoms with E-state index in [1.807, 2.05) is 86.1 Å². The van der Waals surface area contributed by atoms with Gasteiger partial charge in [-0.3, -0.25) is 9.99 Å². The van der Waals surface area contributed by atoms with Crippen LogP contribution in [0.15, 0.2) is 48.9 Å². The van der Waals surface area contributed by atoms with Crippen LogP contribution < -0.4 is 5.01 Å². The summed E-state index contributed by atoms with van der Waals surface area (Å²) < 4.78 is 7.51. The first-order valence-corrected chi connectivity index (χ1v) is 10.7. The van der Waals surface area contributed by atoms with Gasteiger partial charge in [-0.2, -0.15) is 0 Å². The summed E-state index contributed by atoms with van der Waals surface area (Å²) in [7, 11) is 1.96. The number of hydrazine groups is 1. The summed E-state index contributed by atoms with van der Waals surface area (Å²) in [6, 6.07) is 10.1. The first-order valence-electron chi connectivity index (χ1n) is 10.7. The minimum Gasteiger partial charge on any atom is -0.442 e. The summed E-state index contributed by atoms with van der Waals surface area (Å²) in [5.41, 5.74) is 2.11. The van der Waals surface area contributed by atoms with Crippen molar-refractivity contribution >= 4 is 24.1 Å². The van der Waals surface area contributed by atoms with Crippen LogP contribution in [-0.2, 0) is 11.8 Å². The topological polar surface area (TPSA) is 76.4 Å². The van der Waals surface area contributed by atoms with Crippen molar-refractivity contribution in [2.45, 2.75) is 32.8 Å². The average Bonchev–Trinajstić information content (AvgIpc) is 3.39. The summed E-state index contributed by atoms with van der Waals surface area (Å²) >= 11 is 0. The number of amides is 1. The SMILES string of the molecule is Cn1cc(-c2ccccc2)nc1C=Cc1cncc(N2CCCN2C(=O)OC(C)(C)C)n1. The molecule has 1 amide bonds. The third-order valence-electron chi connectivity index (χ3n) is 4.93. The molecule has 0 bridgehead atoms. The lowest BCUT2D eigenvalue weighted by Gasteiger charge is -2.30. The number of hydrogen-bond acceptors (Lipinski definition) is 6. The molecule has 1 aliphatic heterocycles. The van der Waals surface area contributed by atoms with E-state index in [9.17, 15) is 4.79 Å². The molecule has 0 unspecified atom stereocenters. The highest BCUT2D eigenvalue weighted by atomic mass is 16.6. The number of anilines is 1. The van der Waals surface area contributed by atoms with Crippen LogP contribution in [0.1, 0.15) is 38.7 Å². The number of ether oxygens (including phenoxy) is 1. The number of imidazole rings is 1. The van der Waals surface area contributed by atoms with Gasteiger partial charge >= 0.3 is 6.09 Å². The molecule has 1 fully saturated rings. The molecule has 0 atom stereocenters. The summed E-state index contributed by atoms with van der Waals surface area (Å²) in [5.74, 6) is 1.42. The van der Waals surface area contributed by atoms with Crippen LogP contribution >= 0.6 is 0 Å². The predicted molar refractivity (Wildman–Crippen MR) is 125 cm³/mol. The van der Waals surface area contributed by atoms with Gasteiger partial charge in [0.05, 0.1) is 23.8 Å². The molecule has 166 valence electrons. The van der Waals surface area contributed by atoms with Gasteiger partial charge in [-0.05, 0) is 39.3 Å². The molecule has 1 aromatic carbocycles. The lowest BCUT2D eigenvalue weighted by Crippen LogP contribution is -2.44. The Bertz CT molecular complexity index is 1120. The third-order valence-corrected chi connectivity index (χ3v) is 4.93. The second-order valence-corrected chi connectivity index (χ2v) is 8.68. The van der Waals surface area contributed by atoms with Gasteiger partial charge in [0.15, 0.2) is 5.82 Å². The lowest BCUT2D eigenvalue weighted by molar-refractivity contribution is 0.0272. The van der Waals surface area contributed by atoms with Crippen LogP contribution in [0, 0.1) is 0 Å². The zero-order valence-electron chi connectivity index (χ0n) is 18.9. The van der Waals surface area contributed by atoms with Crippen LogP contribution in [0.4, 0.5) is 10.6 Å². The Morgan fingerprint density at radius 3 is 2.59 bits per heavy atom. The highest BCUT2D eigenvalue weighted by Crippen LogP contribution is 2.23. The van der Waals surface area contributed by atoms with Gasteiger partial charge in [-0.1, -0.05) is 30.3 Å². The average molecular weight is 433 g/mol. The zero-order valence-corrected chi connectivity index (χ0v) is 18.9. The number of aryl methyl sites for hydroxylation is 1. The maximum absolute atomic E-state index is 12.6. The Morgan fingerprint density at radius 1 is 1.06 bits per heavy atom. The molecule has 2 aromatic heterocycles. The lowest BCUT2D eigenvalue weighted by atomic mass is 10.2. The second-order valence-electron chi connectivity index (χ2n) is 8.68. The fraction of sp³-hybridized carbons (Fsp3) is 0.333. The molecule has 0 spiro atoms. The smallest absolute Gasteiger partial charge is 0.429 e. The first-order chi connectivity index (χ1) is 15.3. The zero-order chi connectivity index (χ0) is 22.7. The molecule has 8 heteroatoms. The molecule has 0 aliphatic carbocycles. The number of nitrogens with zero attached hydrogens (tertiary/aromatic N) is 6. The Morgan fingerprint density at radius 2 is 1.84 bits per heavy atom. The van der Waals surface area contributed by atoms with E-state index in [-0.39, 0.29) is 6.09 Å². The standard InChI is InChI=1S/C24H28N6O2/c1-24(2,3)32-23(31)30-14-8-13-29(30)22-16-25-15-19(26-22)11-12-21-27-20(17-28(21)4)18-9-6-5-7-10-18/h5-7,9-12,15-17H,8,13-14H2,1-4H3. The molecular weight excluding hydrogens is 404 g/mol. The van der Waals surface area contributed by atoms with E-state index in [4.69, 9.17) is 9.72 Å². The molecule has 3 heterocycles. The molecule has 3 aromatic rings. The number of benzene rings is 1. The molecule has 1 saturated heterocycles. The molecule has 0 saturated carbocycles. The molecule has 0 radical (unpaired) electrons. The van der Waals surface area contributed by atoms with Gasteiger partial charge in [-0.25, -0.2) is 19.8 Å². The quantitative estimate of drug-likeness (QED) is 0.608. The van der Waals surface area contributed by atoms with Crippen molar-refractivity contribution in [3.05, 3.63) is 60.4 Å². The van der Waals surface area contributed by atoms with Crippen LogP contribution in [0.5, 0.6) is 0 Å². The van der Waals surface area contributed by atoms with E-state index >= 15 is 0 Å². The fourth-order valence-corrected chi connectivity index (χ4v) is 3.47. The van der Waals surface area contributed by atoms with E-state index in [2.05, 4.69) is 9.97 Å². The summed E-state index contributed by atoms with van der Waals surface area (Å²) in [4.78, 5) is 26.3. The van der Waals surface area contributed by atoms with Crippen LogP contribution in [0.2, 0.25) is 0 Å². The minimum absolute atomic E-state index is 0.376. The molecule has 1 aliphatic rings. The van der Waals surface area contributed by atoms with Crippen molar-refractivity contribution in [1.82, 2.24) is 24.5 Å². The molecule has 4 rings (SSSR count). The van der Waals surface area contributed by atoms with E-state index in [0.29, 0.717) is 24.6 Å². The Balaban J connectivity index is 1.52. The monoisotopic (exact) mass is 432 g/mol. The molecule has 0 N–H and O–H groups in total. The van der Waals surface area contributed by atoms with E-state index in [0.717, 1.165) is 23.5 Å². The number of carbonyl (C=O) groups is 1. The number of rotatable bonds is 4. The second kappa shape index (κ2) is 8.82. The van der Waals surface area contributed by atoms with Crippen molar-refractivity contribution in [1.29, 1.82) is 0 Å². The summed E-state index contributed by atoms with van der Waals surface area (Å²) in [6.07, 6.45) is 9.61. The normalized spacial score (nSPS) is 14.4. The van der Waals surface area contributed by atoms with Gasteiger partial charge < -0.3 is 9.30 Å². The number of carbonyl (C=O) groups excluding carboxylic acids is 1. The maximum Gasteiger partial charge on any atom is 0.429 e. The van der Waals surface area contributed by atoms with Crippen molar-refractivity contribution < 1.29 is 9.53 Å². The molecule has 8 nitrogen and oxygen atoms in total. The van der Waals surface area contributed by atoms with E-state index in [1.54, 1.807) is 17.4 Å². The van der Waals surface area contributed by atoms with Crippen molar-refractivity contribution in [2.75, 3.05) is 18.1 Å². The summed E-state index contributed by atoms with van der Waals surface area (Å²) in [6.45, 7) is 6.85. The van der Waals surface area contributed by atoms with Crippen LogP contribution in [0.3, 0.4) is 0 Å². The highest BCUT2D eigenvalue weighted by molar-refractivity contribution is 5.72. The number of hydrogen-bond donors (Lipinski definition) is 0. The molecule has 32 heavy (non-hydrogen) atoms. The van der Waals surface area contributed by atoms with Gasteiger partial charge in [-0.15, -0.1) is 0 Å².